The maximum absolute atomic E-state index is 13.0. The van der Waals surface area contributed by atoms with Crippen LogP contribution in [0.3, 0.4) is 0 Å². The molecule has 0 radical (unpaired) electrons. The Balaban J connectivity index is 2.13. The van der Waals surface area contributed by atoms with E-state index in [1.807, 2.05) is 0 Å². The Morgan fingerprint density at radius 3 is 2.30 bits per heavy atom. The highest BCUT2D eigenvalue weighted by atomic mass is 35.5. The molecule has 2 aromatic heterocycles. The zero-order valence-corrected chi connectivity index (χ0v) is 18.9. The molecular formula is C22H14Cl3F2N3O3. The van der Waals surface area contributed by atoms with Crippen LogP contribution in [0.1, 0.15) is 16.8 Å². The van der Waals surface area contributed by atoms with E-state index in [-0.39, 0.29) is 16.1 Å². The standard InChI is InChI=1S/C22H14Cl3F2N3O3/c23-12-3-1-11(2-4-12)19-14-10-15(22(32)33)21(31)29(8-7-18(26)27)20(14)28-30(19)17-6-5-13(24)9-16(17)25/h1-6,9-10,18H,7-8H2,(H,32,33). The Hall–Kier alpha value is -2.94. The highest BCUT2D eigenvalue weighted by Crippen LogP contribution is 2.35. The maximum Gasteiger partial charge on any atom is 0.341 e. The number of carboxylic acid groups (broad SMARTS) is 1. The average Bonchev–Trinajstić information content (AvgIpc) is 3.11. The molecule has 4 rings (SSSR count). The highest BCUT2D eigenvalue weighted by molar-refractivity contribution is 6.35. The lowest BCUT2D eigenvalue weighted by atomic mass is 10.1. The molecule has 0 aliphatic carbocycles. The number of hydrogen-bond acceptors (Lipinski definition) is 3. The van der Waals surface area contributed by atoms with E-state index in [1.165, 1.54) is 16.8 Å². The summed E-state index contributed by atoms with van der Waals surface area (Å²) in [5, 5.41) is 15.4. The fourth-order valence-corrected chi connectivity index (χ4v) is 4.11. The average molecular weight is 513 g/mol. The van der Waals surface area contributed by atoms with Gasteiger partial charge < -0.3 is 5.11 Å². The summed E-state index contributed by atoms with van der Waals surface area (Å²) in [6.45, 7) is -0.417. The third-order valence-corrected chi connectivity index (χ3v) is 5.77. The van der Waals surface area contributed by atoms with E-state index in [1.54, 1.807) is 36.4 Å². The topological polar surface area (TPSA) is 77.1 Å². The quantitative estimate of drug-likeness (QED) is 0.335. The fraction of sp³-hybridized carbons (Fsp3) is 0.136. The SMILES string of the molecule is O=C(O)c1cc2c(-c3ccc(Cl)cc3)n(-c3ccc(Cl)cc3Cl)nc2n(CCC(F)F)c1=O. The van der Waals surface area contributed by atoms with Crippen molar-refractivity contribution >= 4 is 51.8 Å². The summed E-state index contributed by atoms with van der Waals surface area (Å²) < 4.78 is 28.3. The number of halogens is 5. The number of fused-ring (bicyclic) bond motifs is 1. The number of nitrogens with zero attached hydrogens (tertiary/aromatic N) is 3. The molecule has 0 aliphatic heterocycles. The van der Waals surface area contributed by atoms with E-state index >= 15 is 0 Å². The minimum atomic E-state index is -2.69. The minimum absolute atomic E-state index is 0.0432. The third-order valence-electron chi connectivity index (χ3n) is 4.98. The summed E-state index contributed by atoms with van der Waals surface area (Å²) in [4.78, 5) is 24.6. The van der Waals surface area contributed by atoms with Gasteiger partial charge in [-0.1, -0.05) is 46.9 Å². The number of benzene rings is 2. The molecule has 2 aromatic carbocycles. The van der Waals surface area contributed by atoms with Gasteiger partial charge in [-0.3, -0.25) is 9.36 Å². The minimum Gasteiger partial charge on any atom is -0.477 e. The second-order valence-corrected chi connectivity index (χ2v) is 8.38. The van der Waals surface area contributed by atoms with E-state index < -0.39 is 36.5 Å². The predicted octanol–water partition coefficient (Wildman–Crippen LogP) is 6.17. The van der Waals surface area contributed by atoms with Gasteiger partial charge in [-0.05, 0) is 36.4 Å². The molecule has 6 nitrogen and oxygen atoms in total. The lowest BCUT2D eigenvalue weighted by Crippen LogP contribution is -2.27. The molecule has 0 unspecified atom stereocenters. The first kappa shape index (κ1) is 23.2. The van der Waals surface area contributed by atoms with Gasteiger partial charge in [0.05, 0.1) is 16.4 Å². The summed E-state index contributed by atoms with van der Waals surface area (Å²) in [5.74, 6) is -1.48. The molecule has 0 bridgehead atoms. The Bertz CT molecular complexity index is 1430. The highest BCUT2D eigenvalue weighted by Gasteiger charge is 2.24. The van der Waals surface area contributed by atoms with Crippen molar-refractivity contribution in [2.75, 3.05) is 0 Å². The van der Waals surface area contributed by atoms with Gasteiger partial charge in [-0.15, -0.1) is 5.10 Å². The van der Waals surface area contributed by atoms with Gasteiger partial charge in [0, 0.05) is 34.0 Å². The maximum atomic E-state index is 13.0. The smallest absolute Gasteiger partial charge is 0.341 e. The van der Waals surface area contributed by atoms with Gasteiger partial charge >= 0.3 is 5.97 Å². The molecule has 0 atom stereocenters. The number of aromatic carboxylic acids is 1. The zero-order chi connectivity index (χ0) is 23.9. The molecule has 1 N–H and O–H groups in total. The summed E-state index contributed by atoms with van der Waals surface area (Å²) >= 11 is 18.4. The van der Waals surface area contributed by atoms with E-state index in [2.05, 4.69) is 5.10 Å². The number of aryl methyl sites for hydroxylation is 1. The van der Waals surface area contributed by atoms with Crippen molar-refractivity contribution in [3.05, 3.63) is 79.5 Å². The number of carboxylic acids is 1. The third kappa shape index (κ3) is 4.46. The number of carbonyl (C=O) groups is 1. The van der Waals surface area contributed by atoms with Crippen molar-refractivity contribution < 1.29 is 18.7 Å². The van der Waals surface area contributed by atoms with Gasteiger partial charge in [0.25, 0.3) is 5.56 Å². The molecule has 170 valence electrons. The molecule has 0 spiro atoms. The Kier molecular flexibility index (Phi) is 6.43. The van der Waals surface area contributed by atoms with Gasteiger partial charge in [0.2, 0.25) is 6.43 Å². The van der Waals surface area contributed by atoms with Gasteiger partial charge in [0.15, 0.2) is 5.65 Å². The molecule has 11 heteroatoms. The van der Waals surface area contributed by atoms with Crippen LogP contribution in [0, 0.1) is 0 Å². The molecule has 0 amide bonds. The lowest BCUT2D eigenvalue weighted by molar-refractivity contribution is 0.0694. The van der Waals surface area contributed by atoms with Crippen molar-refractivity contribution in [1.82, 2.24) is 14.3 Å². The summed E-state index contributed by atoms with van der Waals surface area (Å²) in [7, 11) is 0. The Morgan fingerprint density at radius 2 is 1.70 bits per heavy atom. The second kappa shape index (κ2) is 9.13. The van der Waals surface area contributed by atoms with Crippen LogP contribution in [0.5, 0.6) is 0 Å². The summed E-state index contributed by atoms with van der Waals surface area (Å²) in [5.41, 5.74) is -0.0602. The predicted molar refractivity (Wildman–Crippen MR) is 123 cm³/mol. The van der Waals surface area contributed by atoms with Crippen LogP contribution in [0.15, 0.2) is 53.3 Å². The monoisotopic (exact) mass is 511 g/mol. The van der Waals surface area contributed by atoms with E-state index in [9.17, 15) is 23.5 Å². The van der Waals surface area contributed by atoms with Crippen LogP contribution in [-0.2, 0) is 6.54 Å². The first-order valence-electron chi connectivity index (χ1n) is 9.56. The van der Waals surface area contributed by atoms with Crippen LogP contribution in [-0.4, -0.2) is 31.8 Å². The zero-order valence-electron chi connectivity index (χ0n) is 16.6. The molecule has 0 saturated heterocycles. The number of hydrogen-bond donors (Lipinski definition) is 1. The van der Waals surface area contributed by atoms with Gasteiger partial charge in [-0.25, -0.2) is 18.3 Å². The second-order valence-electron chi connectivity index (χ2n) is 7.10. The number of aromatic nitrogens is 3. The number of alkyl halides is 2. The molecule has 0 fully saturated rings. The van der Waals surface area contributed by atoms with Crippen LogP contribution in [0.25, 0.3) is 28.0 Å². The van der Waals surface area contributed by atoms with E-state index in [0.717, 1.165) is 4.57 Å². The van der Waals surface area contributed by atoms with E-state index in [4.69, 9.17) is 34.8 Å². The number of pyridine rings is 1. The van der Waals surface area contributed by atoms with Crippen molar-refractivity contribution in [3.63, 3.8) is 0 Å². The van der Waals surface area contributed by atoms with Crippen LogP contribution >= 0.6 is 34.8 Å². The van der Waals surface area contributed by atoms with Crippen molar-refractivity contribution in [1.29, 1.82) is 0 Å². The van der Waals surface area contributed by atoms with Gasteiger partial charge in [0.1, 0.15) is 5.56 Å². The molecule has 33 heavy (non-hydrogen) atoms. The number of rotatable bonds is 6. The largest absolute Gasteiger partial charge is 0.477 e. The van der Waals surface area contributed by atoms with Crippen LogP contribution in [0.2, 0.25) is 15.1 Å². The molecule has 0 saturated carbocycles. The van der Waals surface area contributed by atoms with Crippen molar-refractivity contribution in [3.8, 4) is 16.9 Å². The fourth-order valence-electron chi connectivity index (χ4n) is 3.50. The normalized spacial score (nSPS) is 11.5. The molecule has 0 aliphatic rings. The Labute approximate surface area is 200 Å². The Morgan fingerprint density at radius 1 is 1.03 bits per heavy atom. The molecular weight excluding hydrogens is 499 g/mol. The van der Waals surface area contributed by atoms with Crippen LogP contribution in [0.4, 0.5) is 8.78 Å². The lowest BCUT2D eigenvalue weighted by Gasteiger charge is -2.10. The van der Waals surface area contributed by atoms with Gasteiger partial charge in [-0.2, -0.15) is 0 Å². The van der Waals surface area contributed by atoms with Crippen molar-refractivity contribution in [2.45, 2.75) is 19.4 Å². The molecule has 2 heterocycles. The molecule has 4 aromatic rings. The summed E-state index contributed by atoms with van der Waals surface area (Å²) in [6.07, 6.45) is -3.34. The van der Waals surface area contributed by atoms with Crippen LogP contribution < -0.4 is 5.56 Å². The van der Waals surface area contributed by atoms with E-state index in [0.29, 0.717) is 27.0 Å². The summed E-state index contributed by atoms with van der Waals surface area (Å²) in [6, 6.07) is 12.5. The first-order valence-corrected chi connectivity index (χ1v) is 10.7. The first-order chi connectivity index (χ1) is 15.7. The van der Waals surface area contributed by atoms with Crippen molar-refractivity contribution in [2.24, 2.45) is 0 Å².